The number of tetrazole rings is 1. The number of esters is 1. The van der Waals surface area contributed by atoms with Crippen molar-refractivity contribution >= 4 is 17.6 Å². The van der Waals surface area contributed by atoms with Gasteiger partial charge in [0.1, 0.15) is 17.5 Å². The van der Waals surface area contributed by atoms with E-state index in [0.717, 1.165) is 47.3 Å². The van der Waals surface area contributed by atoms with Gasteiger partial charge in [0.25, 0.3) is 0 Å². The number of H-pyrrole nitrogens is 2. The van der Waals surface area contributed by atoms with Crippen molar-refractivity contribution in [2.75, 3.05) is 7.05 Å². The number of hydrogen-bond acceptors (Lipinski definition) is 7. The lowest BCUT2D eigenvalue weighted by Crippen LogP contribution is -2.46. The fourth-order valence-corrected chi connectivity index (χ4v) is 4.20. The number of imidazole rings is 1. The predicted molar refractivity (Wildman–Crippen MR) is 143 cm³/mol. The Kier molecular flexibility index (Phi) is 8.35. The van der Waals surface area contributed by atoms with E-state index in [4.69, 9.17) is 16.3 Å². The Morgan fingerprint density at radius 2 is 1.95 bits per heavy atom. The van der Waals surface area contributed by atoms with Crippen molar-refractivity contribution in [3.05, 3.63) is 70.8 Å². The van der Waals surface area contributed by atoms with E-state index in [1.165, 1.54) is 0 Å². The molecule has 194 valence electrons. The third-order valence-corrected chi connectivity index (χ3v) is 6.67. The lowest BCUT2D eigenvalue weighted by Gasteiger charge is -2.26. The number of carbonyl (C=O) groups excluding carboxylic acids is 1. The molecule has 0 aliphatic heterocycles. The largest absolute Gasteiger partial charge is 0.454 e. The lowest BCUT2D eigenvalue weighted by molar-refractivity contribution is -0.156. The molecule has 0 spiro atoms. The average Bonchev–Trinajstić information content (AvgIpc) is 3.57. The van der Waals surface area contributed by atoms with Crippen molar-refractivity contribution in [2.45, 2.75) is 58.1 Å². The fourth-order valence-electron chi connectivity index (χ4n) is 3.93. The van der Waals surface area contributed by atoms with Crippen LogP contribution >= 0.6 is 11.6 Å². The first kappa shape index (κ1) is 26.5. The summed E-state index contributed by atoms with van der Waals surface area (Å²) in [6.07, 6.45) is 2.49. The molecule has 2 aromatic carbocycles. The van der Waals surface area contributed by atoms with E-state index >= 15 is 0 Å². The van der Waals surface area contributed by atoms with Crippen molar-refractivity contribution in [1.29, 1.82) is 0 Å². The van der Waals surface area contributed by atoms with Crippen molar-refractivity contribution in [3.8, 4) is 22.5 Å². The highest BCUT2D eigenvalue weighted by Crippen LogP contribution is 2.34. The Bertz CT molecular complexity index is 1320. The molecule has 0 fully saturated rings. The zero-order valence-electron chi connectivity index (χ0n) is 21.5. The van der Waals surface area contributed by atoms with Crippen LogP contribution in [0.5, 0.6) is 0 Å². The number of nitrogens with zero attached hydrogens (tertiary/aromatic N) is 4. The highest BCUT2D eigenvalue weighted by atomic mass is 35.5. The van der Waals surface area contributed by atoms with Gasteiger partial charge in [-0.2, -0.15) is 5.21 Å². The maximum absolute atomic E-state index is 13.1. The molecule has 10 heteroatoms. The molecule has 2 heterocycles. The smallest absolute Gasteiger partial charge is 0.326 e. The second-order valence-corrected chi connectivity index (χ2v) is 9.80. The van der Waals surface area contributed by atoms with Crippen LogP contribution in [-0.4, -0.2) is 49.1 Å². The van der Waals surface area contributed by atoms with Crippen LogP contribution in [0.15, 0.2) is 48.5 Å². The monoisotopic (exact) mass is 521 g/mol. The van der Waals surface area contributed by atoms with Crippen LogP contribution in [0.2, 0.25) is 5.15 Å². The van der Waals surface area contributed by atoms with Gasteiger partial charge < -0.3 is 15.0 Å². The van der Waals surface area contributed by atoms with Crippen LogP contribution in [0.25, 0.3) is 22.5 Å². The van der Waals surface area contributed by atoms with Gasteiger partial charge in [-0.25, -0.2) is 4.98 Å². The van der Waals surface area contributed by atoms with Gasteiger partial charge in [-0.3, -0.25) is 4.79 Å². The van der Waals surface area contributed by atoms with Gasteiger partial charge >= 0.3 is 5.97 Å². The number of aromatic nitrogens is 6. The molecule has 1 unspecified atom stereocenters. The standard InChI is InChI=1S/C27H32ClN7O2/c1-5-6-12-22-30-23(24(28)31-22)21(37-26(36)27(2,3)29-4)16-17-13-14-19(18-10-8-7-9-11-18)20(15-17)25-32-34-35-33-25/h7-11,13-15,21,29H,5-6,12,16H2,1-4H3,(H,30,31)(H,32,33,34,35). The van der Waals surface area contributed by atoms with Gasteiger partial charge in [0.15, 0.2) is 5.15 Å². The van der Waals surface area contributed by atoms with Crippen molar-refractivity contribution in [1.82, 2.24) is 35.9 Å². The quantitative estimate of drug-likeness (QED) is 0.235. The first-order valence-corrected chi connectivity index (χ1v) is 12.8. The minimum absolute atomic E-state index is 0.311. The zero-order chi connectivity index (χ0) is 26.4. The average molecular weight is 522 g/mol. The van der Waals surface area contributed by atoms with Crippen molar-refractivity contribution in [3.63, 3.8) is 0 Å². The summed E-state index contributed by atoms with van der Waals surface area (Å²) in [5.41, 5.74) is 3.45. The Balaban J connectivity index is 1.72. The van der Waals surface area contributed by atoms with E-state index in [1.807, 2.05) is 48.5 Å². The van der Waals surface area contributed by atoms with Crippen molar-refractivity contribution in [2.24, 2.45) is 0 Å². The molecular weight excluding hydrogens is 490 g/mol. The molecule has 1 atom stereocenters. The molecule has 2 aromatic heterocycles. The molecule has 37 heavy (non-hydrogen) atoms. The molecule has 0 amide bonds. The van der Waals surface area contributed by atoms with Crippen LogP contribution in [0.4, 0.5) is 0 Å². The van der Waals surface area contributed by atoms with Gasteiger partial charge in [-0.15, -0.1) is 10.2 Å². The van der Waals surface area contributed by atoms with E-state index in [0.29, 0.717) is 23.1 Å². The molecule has 3 N–H and O–H groups in total. The first-order valence-electron chi connectivity index (χ1n) is 12.4. The summed E-state index contributed by atoms with van der Waals surface area (Å²) >= 11 is 6.55. The Morgan fingerprint density at radius 1 is 1.16 bits per heavy atom. The summed E-state index contributed by atoms with van der Waals surface area (Å²) in [6.45, 7) is 5.67. The zero-order valence-corrected chi connectivity index (χ0v) is 22.3. The summed E-state index contributed by atoms with van der Waals surface area (Å²) in [7, 11) is 1.72. The molecule has 9 nitrogen and oxygen atoms in total. The second-order valence-electron chi connectivity index (χ2n) is 9.45. The van der Waals surface area contributed by atoms with Crippen LogP contribution < -0.4 is 5.32 Å². The number of aromatic amines is 2. The molecule has 4 aromatic rings. The molecule has 0 aliphatic rings. The number of rotatable bonds is 11. The molecule has 0 saturated heterocycles. The summed E-state index contributed by atoms with van der Waals surface area (Å²) in [5, 5.41) is 18.0. The van der Waals surface area contributed by atoms with E-state index < -0.39 is 11.6 Å². The number of hydrogen-bond donors (Lipinski definition) is 3. The molecule has 0 aliphatic carbocycles. The van der Waals surface area contributed by atoms with Gasteiger partial charge in [0.05, 0.1) is 5.69 Å². The van der Waals surface area contributed by atoms with E-state index in [9.17, 15) is 4.79 Å². The Morgan fingerprint density at radius 3 is 2.62 bits per heavy atom. The number of halogens is 1. The van der Waals surface area contributed by atoms with Crippen LogP contribution in [-0.2, 0) is 22.4 Å². The van der Waals surface area contributed by atoms with Crippen molar-refractivity contribution < 1.29 is 9.53 Å². The minimum atomic E-state index is -0.872. The van der Waals surface area contributed by atoms with Gasteiger partial charge in [0.2, 0.25) is 5.82 Å². The normalized spacial score (nSPS) is 12.5. The summed E-state index contributed by atoms with van der Waals surface area (Å²) < 4.78 is 6.03. The number of ether oxygens (including phenoxy) is 1. The topological polar surface area (TPSA) is 121 Å². The minimum Gasteiger partial charge on any atom is -0.454 e. The SMILES string of the molecule is CCCCc1nc(Cl)c(C(Cc2ccc(-c3ccccc3)c(-c3nn[nH]n3)c2)OC(=O)C(C)(C)NC)[nH]1. The predicted octanol–water partition coefficient (Wildman–Crippen LogP) is 5.08. The summed E-state index contributed by atoms with van der Waals surface area (Å²) in [6, 6.07) is 16.0. The van der Waals surface area contributed by atoms with E-state index in [-0.39, 0.29) is 5.97 Å². The third kappa shape index (κ3) is 6.23. The molecule has 0 bridgehead atoms. The lowest BCUT2D eigenvalue weighted by atomic mass is 9.94. The molecular formula is C27H32ClN7O2. The molecule has 0 saturated carbocycles. The Labute approximate surface area is 221 Å². The number of carbonyl (C=O) groups is 1. The number of nitrogens with one attached hydrogen (secondary N) is 3. The van der Waals surface area contributed by atoms with Gasteiger partial charge in [0, 0.05) is 18.4 Å². The summed E-state index contributed by atoms with van der Waals surface area (Å²) in [4.78, 5) is 20.9. The second kappa shape index (κ2) is 11.7. The molecule has 4 rings (SSSR count). The Hall–Kier alpha value is -3.56. The first-order chi connectivity index (χ1) is 17.8. The van der Waals surface area contributed by atoms with Gasteiger partial charge in [-0.1, -0.05) is 67.4 Å². The van der Waals surface area contributed by atoms with Crippen LogP contribution in [0.1, 0.15) is 56.8 Å². The number of aryl methyl sites for hydroxylation is 1. The third-order valence-electron chi connectivity index (χ3n) is 6.38. The maximum atomic E-state index is 13.1. The van der Waals surface area contributed by atoms with E-state index in [2.05, 4.69) is 42.8 Å². The number of benzene rings is 2. The van der Waals surface area contributed by atoms with E-state index in [1.54, 1.807) is 20.9 Å². The molecule has 0 radical (unpaired) electrons. The highest BCUT2D eigenvalue weighted by molar-refractivity contribution is 6.30. The highest BCUT2D eigenvalue weighted by Gasteiger charge is 2.32. The fraction of sp³-hybridized carbons (Fsp3) is 0.370. The number of unbranched alkanes of at least 4 members (excludes halogenated alkanes) is 1. The summed E-state index contributed by atoms with van der Waals surface area (Å²) in [5.74, 6) is 0.870. The van der Waals surface area contributed by atoms with Gasteiger partial charge in [-0.05, 0) is 55.3 Å². The number of likely N-dealkylation sites (N-methyl/N-ethyl adjacent to an activating group) is 1. The van der Waals surface area contributed by atoms with Crippen LogP contribution in [0.3, 0.4) is 0 Å². The maximum Gasteiger partial charge on any atom is 0.326 e. The van der Waals surface area contributed by atoms with Crippen LogP contribution in [0, 0.1) is 0 Å².